The van der Waals surface area contributed by atoms with Crippen LogP contribution in [0.3, 0.4) is 0 Å². The van der Waals surface area contributed by atoms with Crippen molar-refractivity contribution in [2.45, 2.75) is 65.3 Å². The number of nitrogens with one attached hydrogen (secondary N) is 2. The van der Waals surface area contributed by atoms with Crippen LogP contribution in [0.2, 0.25) is 0 Å². The van der Waals surface area contributed by atoms with Gasteiger partial charge in [-0.25, -0.2) is 10.5 Å². The summed E-state index contributed by atoms with van der Waals surface area (Å²) in [5.74, 6) is 0.434. The number of aryl methyl sites for hydroxylation is 1. The van der Waals surface area contributed by atoms with Crippen molar-refractivity contribution in [3.05, 3.63) is 35.7 Å². The van der Waals surface area contributed by atoms with E-state index in [4.69, 9.17) is 10.2 Å². The number of hydrogen-bond acceptors (Lipinski definition) is 5. The first-order valence-electron chi connectivity index (χ1n) is 11.0. The molecule has 2 aromatic rings. The Hall–Kier alpha value is -2.87. The SMILES string of the molecule is CCCCCCc1nc2cc(C=CC(=O)NO)ccn2c1NCCC(=O)N(C)C(C)C. The summed E-state index contributed by atoms with van der Waals surface area (Å²) in [4.78, 5) is 30.1. The third-order valence-corrected chi connectivity index (χ3v) is 5.33. The van der Waals surface area contributed by atoms with Crippen molar-refractivity contribution in [1.29, 1.82) is 0 Å². The van der Waals surface area contributed by atoms with E-state index in [2.05, 4.69) is 12.2 Å². The summed E-state index contributed by atoms with van der Waals surface area (Å²) in [5, 5.41) is 12.0. The third-order valence-electron chi connectivity index (χ3n) is 5.33. The zero-order valence-electron chi connectivity index (χ0n) is 19.0. The fourth-order valence-electron chi connectivity index (χ4n) is 3.25. The van der Waals surface area contributed by atoms with Crippen molar-refractivity contribution in [3.8, 4) is 0 Å². The molecule has 0 aliphatic rings. The predicted molar refractivity (Wildman–Crippen MR) is 123 cm³/mol. The van der Waals surface area contributed by atoms with Crippen LogP contribution in [-0.2, 0) is 16.0 Å². The van der Waals surface area contributed by atoms with Crippen molar-refractivity contribution >= 4 is 29.4 Å². The number of nitrogens with zero attached hydrogens (tertiary/aromatic N) is 3. The number of imidazole rings is 1. The van der Waals surface area contributed by atoms with Gasteiger partial charge in [-0.15, -0.1) is 0 Å². The van der Waals surface area contributed by atoms with Gasteiger partial charge in [0.2, 0.25) is 5.91 Å². The lowest BCUT2D eigenvalue weighted by Crippen LogP contribution is -2.34. The van der Waals surface area contributed by atoms with Crippen molar-refractivity contribution in [3.63, 3.8) is 0 Å². The van der Waals surface area contributed by atoms with E-state index in [0.29, 0.717) is 13.0 Å². The van der Waals surface area contributed by atoms with Crippen LogP contribution in [0, 0.1) is 0 Å². The van der Waals surface area contributed by atoms with Crippen LogP contribution in [0.4, 0.5) is 5.82 Å². The number of carbonyl (C=O) groups is 2. The van der Waals surface area contributed by atoms with E-state index in [1.54, 1.807) is 16.5 Å². The van der Waals surface area contributed by atoms with Crippen LogP contribution < -0.4 is 10.8 Å². The number of hydrogen-bond donors (Lipinski definition) is 3. The molecule has 170 valence electrons. The third kappa shape index (κ3) is 7.10. The summed E-state index contributed by atoms with van der Waals surface area (Å²) in [6.45, 7) is 6.72. The Balaban J connectivity index is 2.20. The molecule has 0 aromatic carbocycles. The molecule has 8 nitrogen and oxygen atoms in total. The molecule has 2 rings (SSSR count). The number of fused-ring (bicyclic) bond motifs is 1. The lowest BCUT2D eigenvalue weighted by molar-refractivity contribution is -0.131. The van der Waals surface area contributed by atoms with E-state index in [1.165, 1.54) is 18.9 Å². The monoisotopic (exact) mass is 429 g/mol. The second-order valence-electron chi connectivity index (χ2n) is 7.99. The van der Waals surface area contributed by atoms with Crippen LogP contribution in [0.25, 0.3) is 11.7 Å². The van der Waals surface area contributed by atoms with Gasteiger partial charge in [-0.3, -0.25) is 19.2 Å². The van der Waals surface area contributed by atoms with Crippen LogP contribution in [0.5, 0.6) is 0 Å². The largest absolute Gasteiger partial charge is 0.369 e. The molecule has 0 saturated carbocycles. The molecule has 0 fully saturated rings. The second-order valence-corrected chi connectivity index (χ2v) is 7.99. The van der Waals surface area contributed by atoms with Gasteiger partial charge in [-0.05, 0) is 50.5 Å². The summed E-state index contributed by atoms with van der Waals surface area (Å²) in [6.07, 6.45) is 10.7. The molecule has 0 spiro atoms. The Labute approximate surface area is 184 Å². The number of rotatable bonds is 12. The molecule has 0 radical (unpaired) electrons. The highest BCUT2D eigenvalue weighted by molar-refractivity contribution is 5.91. The molecule has 2 heterocycles. The predicted octanol–water partition coefficient (Wildman–Crippen LogP) is 3.64. The summed E-state index contributed by atoms with van der Waals surface area (Å²) in [6, 6.07) is 3.94. The van der Waals surface area contributed by atoms with Gasteiger partial charge >= 0.3 is 0 Å². The van der Waals surface area contributed by atoms with E-state index in [1.807, 2.05) is 43.6 Å². The van der Waals surface area contributed by atoms with E-state index >= 15 is 0 Å². The molecule has 0 aliphatic heterocycles. The average Bonchev–Trinajstić information content (AvgIpc) is 3.10. The van der Waals surface area contributed by atoms with Gasteiger partial charge in [0.05, 0.1) is 5.69 Å². The van der Waals surface area contributed by atoms with Crippen LogP contribution >= 0.6 is 0 Å². The van der Waals surface area contributed by atoms with Gasteiger partial charge < -0.3 is 10.2 Å². The first-order valence-corrected chi connectivity index (χ1v) is 11.0. The van der Waals surface area contributed by atoms with Gasteiger partial charge in [0.25, 0.3) is 5.91 Å². The molecule has 0 bridgehead atoms. The number of anilines is 1. The highest BCUT2D eigenvalue weighted by Crippen LogP contribution is 2.22. The molecule has 0 atom stereocenters. The minimum Gasteiger partial charge on any atom is -0.369 e. The number of unbranched alkanes of at least 4 members (excludes halogenated alkanes) is 3. The molecule has 0 aliphatic carbocycles. The Morgan fingerprint density at radius 1 is 1.29 bits per heavy atom. The standard InChI is InChI=1S/C23H35N5O3/c1-5-6-7-8-9-19-23(24-14-12-22(30)27(4)17(2)3)28-15-13-18(16-20(28)25-19)10-11-21(29)26-31/h10-11,13,15-17,24,31H,5-9,12,14H2,1-4H3,(H,26,29). The minimum atomic E-state index is -0.585. The Morgan fingerprint density at radius 3 is 2.74 bits per heavy atom. The lowest BCUT2D eigenvalue weighted by atomic mass is 10.1. The van der Waals surface area contributed by atoms with Crippen molar-refractivity contribution in [1.82, 2.24) is 19.8 Å². The molecule has 31 heavy (non-hydrogen) atoms. The molecular formula is C23H35N5O3. The van der Waals surface area contributed by atoms with Crippen molar-refractivity contribution in [2.24, 2.45) is 0 Å². The van der Waals surface area contributed by atoms with E-state index in [0.717, 1.165) is 42.0 Å². The Kier molecular flexibility index (Phi) is 9.52. The summed E-state index contributed by atoms with van der Waals surface area (Å²) < 4.78 is 1.98. The quantitative estimate of drug-likeness (QED) is 0.207. The lowest BCUT2D eigenvalue weighted by Gasteiger charge is -2.21. The van der Waals surface area contributed by atoms with Gasteiger partial charge in [0.1, 0.15) is 11.5 Å². The Morgan fingerprint density at radius 2 is 2.06 bits per heavy atom. The number of amides is 2. The van der Waals surface area contributed by atoms with E-state index < -0.39 is 5.91 Å². The van der Waals surface area contributed by atoms with E-state index in [-0.39, 0.29) is 11.9 Å². The minimum absolute atomic E-state index is 0.107. The van der Waals surface area contributed by atoms with Crippen molar-refractivity contribution in [2.75, 3.05) is 18.9 Å². The Bertz CT molecular complexity index is 904. The fourth-order valence-corrected chi connectivity index (χ4v) is 3.25. The number of pyridine rings is 1. The topological polar surface area (TPSA) is 99.0 Å². The van der Waals surface area contributed by atoms with Gasteiger partial charge in [0, 0.05) is 38.3 Å². The number of aromatic nitrogens is 2. The molecular weight excluding hydrogens is 394 g/mol. The van der Waals surface area contributed by atoms with Gasteiger partial charge in [-0.2, -0.15) is 0 Å². The van der Waals surface area contributed by atoms with Crippen LogP contribution in [-0.4, -0.2) is 50.9 Å². The summed E-state index contributed by atoms with van der Waals surface area (Å²) >= 11 is 0. The maximum absolute atomic E-state index is 12.3. The molecule has 0 unspecified atom stereocenters. The van der Waals surface area contributed by atoms with Gasteiger partial charge in [-0.1, -0.05) is 26.2 Å². The number of carbonyl (C=O) groups excluding carboxylic acids is 2. The molecule has 0 saturated heterocycles. The highest BCUT2D eigenvalue weighted by Gasteiger charge is 2.15. The molecule has 8 heteroatoms. The maximum Gasteiger partial charge on any atom is 0.267 e. The van der Waals surface area contributed by atoms with Crippen LogP contribution in [0.1, 0.15) is 64.1 Å². The molecule has 2 aromatic heterocycles. The van der Waals surface area contributed by atoms with Gasteiger partial charge in [0.15, 0.2) is 0 Å². The highest BCUT2D eigenvalue weighted by atomic mass is 16.5. The summed E-state index contributed by atoms with van der Waals surface area (Å²) in [7, 11) is 1.83. The van der Waals surface area contributed by atoms with E-state index in [9.17, 15) is 9.59 Å². The second kappa shape index (κ2) is 12.1. The van der Waals surface area contributed by atoms with Crippen molar-refractivity contribution < 1.29 is 14.8 Å². The zero-order chi connectivity index (χ0) is 22.8. The molecule has 3 N–H and O–H groups in total. The maximum atomic E-state index is 12.3. The fraction of sp³-hybridized carbons (Fsp3) is 0.522. The average molecular weight is 430 g/mol. The first-order chi connectivity index (χ1) is 14.9. The van der Waals surface area contributed by atoms with Crippen LogP contribution in [0.15, 0.2) is 24.4 Å². The summed E-state index contributed by atoms with van der Waals surface area (Å²) in [5.41, 5.74) is 4.13. The number of hydroxylamine groups is 1. The smallest absolute Gasteiger partial charge is 0.267 e. The zero-order valence-corrected chi connectivity index (χ0v) is 19.0. The normalized spacial score (nSPS) is 11.4. The first kappa shape index (κ1) is 24.4. The molecule has 2 amide bonds.